The zero-order chi connectivity index (χ0) is 12.5. The van der Waals surface area contributed by atoms with Crippen LogP contribution in [0.2, 0.25) is 0 Å². The number of nitrogens with one attached hydrogen (secondary N) is 1. The van der Waals surface area contributed by atoms with E-state index in [-0.39, 0.29) is 0 Å². The van der Waals surface area contributed by atoms with Crippen molar-refractivity contribution in [2.75, 3.05) is 32.7 Å². The average Bonchev–Trinajstić information content (AvgIpc) is 3.10. The van der Waals surface area contributed by atoms with Crippen molar-refractivity contribution in [1.29, 1.82) is 0 Å². The summed E-state index contributed by atoms with van der Waals surface area (Å²) >= 11 is 0. The van der Waals surface area contributed by atoms with Crippen LogP contribution in [0.4, 0.5) is 0 Å². The molecule has 0 amide bonds. The Bertz CT molecular complexity index is 277. The zero-order valence-corrected chi connectivity index (χ0v) is 12.1. The van der Waals surface area contributed by atoms with Crippen molar-refractivity contribution in [3.05, 3.63) is 0 Å². The van der Waals surface area contributed by atoms with Gasteiger partial charge in [-0.25, -0.2) is 0 Å². The van der Waals surface area contributed by atoms with Crippen molar-refractivity contribution < 1.29 is 0 Å². The predicted molar refractivity (Wildman–Crippen MR) is 75.8 cm³/mol. The molecule has 3 rings (SSSR count). The second kappa shape index (κ2) is 5.48. The molecule has 3 atom stereocenters. The summed E-state index contributed by atoms with van der Waals surface area (Å²) in [5.74, 6) is 0.971. The van der Waals surface area contributed by atoms with Crippen LogP contribution in [0.15, 0.2) is 0 Å². The van der Waals surface area contributed by atoms with E-state index in [1.165, 1.54) is 51.9 Å². The highest BCUT2D eigenvalue weighted by Gasteiger charge is 2.37. The third-order valence-electron chi connectivity index (χ3n) is 5.15. The molecule has 0 spiro atoms. The smallest absolute Gasteiger partial charge is 0.0224 e. The Morgan fingerprint density at radius 2 is 2.06 bits per heavy atom. The maximum Gasteiger partial charge on any atom is 0.0224 e. The van der Waals surface area contributed by atoms with E-state index in [1.807, 2.05) is 0 Å². The van der Waals surface area contributed by atoms with Gasteiger partial charge in [0, 0.05) is 37.8 Å². The first-order chi connectivity index (χ1) is 8.78. The molecular weight excluding hydrogens is 222 g/mol. The molecule has 18 heavy (non-hydrogen) atoms. The number of hydrogen-bond donors (Lipinski definition) is 1. The third-order valence-corrected chi connectivity index (χ3v) is 5.15. The molecule has 104 valence electrons. The molecule has 2 heterocycles. The van der Waals surface area contributed by atoms with Gasteiger partial charge in [0.25, 0.3) is 0 Å². The van der Waals surface area contributed by atoms with Crippen LogP contribution in [0, 0.1) is 5.92 Å². The number of rotatable bonds is 5. The normalized spacial score (nSPS) is 35.7. The highest BCUT2D eigenvalue weighted by molar-refractivity contribution is 4.94. The fourth-order valence-corrected chi connectivity index (χ4v) is 3.90. The van der Waals surface area contributed by atoms with Gasteiger partial charge in [0.05, 0.1) is 0 Å². The Balaban J connectivity index is 1.57. The van der Waals surface area contributed by atoms with E-state index >= 15 is 0 Å². The molecule has 3 heteroatoms. The average molecular weight is 251 g/mol. The summed E-state index contributed by atoms with van der Waals surface area (Å²) in [7, 11) is 0. The Morgan fingerprint density at radius 3 is 2.78 bits per heavy atom. The highest BCUT2D eigenvalue weighted by atomic mass is 15.3. The molecular formula is C15H29N3. The van der Waals surface area contributed by atoms with Crippen LogP contribution in [0.5, 0.6) is 0 Å². The lowest BCUT2D eigenvalue weighted by Gasteiger charge is -2.43. The summed E-state index contributed by atoms with van der Waals surface area (Å²) in [6.07, 6.45) is 5.76. The van der Waals surface area contributed by atoms with Crippen molar-refractivity contribution in [3.8, 4) is 0 Å². The van der Waals surface area contributed by atoms with Gasteiger partial charge in [-0.15, -0.1) is 0 Å². The van der Waals surface area contributed by atoms with E-state index < -0.39 is 0 Å². The molecule has 0 radical (unpaired) electrons. The third kappa shape index (κ3) is 2.73. The Labute approximate surface area is 112 Å². The van der Waals surface area contributed by atoms with Crippen LogP contribution in [-0.2, 0) is 0 Å². The van der Waals surface area contributed by atoms with Crippen LogP contribution in [-0.4, -0.2) is 60.6 Å². The molecule has 0 aromatic carbocycles. The summed E-state index contributed by atoms with van der Waals surface area (Å²) in [5.41, 5.74) is 0. The van der Waals surface area contributed by atoms with Gasteiger partial charge < -0.3 is 5.32 Å². The molecule has 2 saturated heterocycles. The van der Waals surface area contributed by atoms with E-state index in [0.29, 0.717) is 0 Å². The lowest BCUT2D eigenvalue weighted by Crippen LogP contribution is -2.57. The summed E-state index contributed by atoms with van der Waals surface area (Å²) < 4.78 is 0. The maximum absolute atomic E-state index is 3.72. The SMILES string of the molecule is CCNC(CN1CC2CCCN2CC1C)C1CC1. The van der Waals surface area contributed by atoms with Gasteiger partial charge in [-0.2, -0.15) is 0 Å². The van der Waals surface area contributed by atoms with E-state index in [9.17, 15) is 0 Å². The number of likely N-dealkylation sites (N-methyl/N-ethyl adjacent to an activating group) is 1. The van der Waals surface area contributed by atoms with E-state index in [1.54, 1.807) is 0 Å². The van der Waals surface area contributed by atoms with Crippen molar-refractivity contribution in [3.63, 3.8) is 0 Å². The molecule has 0 aromatic heterocycles. The number of nitrogens with zero attached hydrogens (tertiary/aromatic N) is 2. The monoisotopic (exact) mass is 251 g/mol. The largest absolute Gasteiger partial charge is 0.313 e. The first-order valence-corrected chi connectivity index (χ1v) is 7.99. The van der Waals surface area contributed by atoms with Crippen LogP contribution in [0.3, 0.4) is 0 Å². The quantitative estimate of drug-likeness (QED) is 0.800. The van der Waals surface area contributed by atoms with Gasteiger partial charge >= 0.3 is 0 Å². The fraction of sp³-hybridized carbons (Fsp3) is 1.00. The number of fused-ring (bicyclic) bond motifs is 1. The topological polar surface area (TPSA) is 18.5 Å². The Hall–Kier alpha value is -0.120. The van der Waals surface area contributed by atoms with Gasteiger partial charge in [-0.05, 0) is 51.6 Å². The molecule has 1 N–H and O–H groups in total. The Morgan fingerprint density at radius 1 is 1.22 bits per heavy atom. The zero-order valence-electron chi connectivity index (χ0n) is 12.1. The first kappa shape index (κ1) is 12.9. The standard InChI is InChI=1S/C15H29N3/c1-3-16-15(13-6-7-13)11-18-10-14-5-4-8-17(14)9-12(18)2/h12-16H,3-11H2,1-2H3. The number of hydrogen-bond acceptors (Lipinski definition) is 3. The molecule has 3 unspecified atom stereocenters. The number of piperazine rings is 1. The molecule has 2 aliphatic heterocycles. The molecule has 0 bridgehead atoms. The van der Waals surface area contributed by atoms with Gasteiger partial charge in [-0.3, -0.25) is 9.80 Å². The summed E-state index contributed by atoms with van der Waals surface area (Å²) in [4.78, 5) is 5.48. The van der Waals surface area contributed by atoms with Crippen molar-refractivity contribution in [2.24, 2.45) is 5.92 Å². The molecule has 3 aliphatic rings. The maximum atomic E-state index is 3.72. The minimum Gasteiger partial charge on any atom is -0.313 e. The van der Waals surface area contributed by atoms with Crippen LogP contribution < -0.4 is 5.32 Å². The second-order valence-electron chi connectivity index (χ2n) is 6.60. The van der Waals surface area contributed by atoms with Gasteiger partial charge in [-0.1, -0.05) is 6.92 Å². The van der Waals surface area contributed by atoms with Gasteiger partial charge in [0.2, 0.25) is 0 Å². The minimum atomic E-state index is 0.749. The first-order valence-electron chi connectivity index (χ1n) is 7.99. The molecule has 0 aromatic rings. The van der Waals surface area contributed by atoms with E-state index in [4.69, 9.17) is 0 Å². The summed E-state index contributed by atoms with van der Waals surface area (Å²) in [6, 6.07) is 2.37. The lowest BCUT2D eigenvalue weighted by atomic mass is 10.1. The van der Waals surface area contributed by atoms with Crippen molar-refractivity contribution in [1.82, 2.24) is 15.1 Å². The minimum absolute atomic E-state index is 0.749. The van der Waals surface area contributed by atoms with Crippen LogP contribution in [0.1, 0.15) is 39.5 Å². The van der Waals surface area contributed by atoms with Gasteiger partial charge in [0.1, 0.15) is 0 Å². The summed E-state index contributed by atoms with van der Waals surface area (Å²) in [6.45, 7) is 11.0. The van der Waals surface area contributed by atoms with Crippen LogP contribution >= 0.6 is 0 Å². The van der Waals surface area contributed by atoms with Gasteiger partial charge in [0.15, 0.2) is 0 Å². The molecule has 3 fully saturated rings. The lowest BCUT2D eigenvalue weighted by molar-refractivity contribution is 0.0507. The predicted octanol–water partition coefficient (Wildman–Crippen LogP) is 1.54. The van der Waals surface area contributed by atoms with E-state index in [0.717, 1.165) is 30.6 Å². The van der Waals surface area contributed by atoms with Crippen molar-refractivity contribution >= 4 is 0 Å². The highest BCUT2D eigenvalue weighted by Crippen LogP contribution is 2.34. The fourth-order valence-electron chi connectivity index (χ4n) is 3.90. The molecule has 1 saturated carbocycles. The summed E-state index contributed by atoms with van der Waals surface area (Å²) in [5, 5.41) is 3.72. The van der Waals surface area contributed by atoms with Crippen molar-refractivity contribution in [2.45, 2.75) is 57.7 Å². The second-order valence-corrected chi connectivity index (χ2v) is 6.60. The molecule has 3 nitrogen and oxygen atoms in total. The van der Waals surface area contributed by atoms with Crippen LogP contribution in [0.25, 0.3) is 0 Å². The van der Waals surface area contributed by atoms with E-state index in [2.05, 4.69) is 29.0 Å². The Kier molecular flexibility index (Phi) is 3.92. The molecule has 1 aliphatic carbocycles.